The Bertz CT molecular complexity index is 671. The van der Waals surface area contributed by atoms with Crippen LogP contribution >= 0.6 is 15.9 Å². The molecule has 2 aromatic rings. The van der Waals surface area contributed by atoms with E-state index in [4.69, 9.17) is 14.2 Å². The molecule has 0 bridgehead atoms. The SMILES string of the molecule is O=c1[nH]cnc(OCc2ccc3c(c2)OCO3)c1Br. The normalized spacial score (nSPS) is 12.5. The summed E-state index contributed by atoms with van der Waals surface area (Å²) in [6.45, 7) is 0.520. The Hall–Kier alpha value is -2.02. The number of H-pyrrole nitrogens is 1. The molecule has 98 valence electrons. The Morgan fingerprint density at radius 1 is 1.37 bits per heavy atom. The zero-order chi connectivity index (χ0) is 13.2. The lowest BCUT2D eigenvalue weighted by molar-refractivity contribution is 0.174. The molecule has 6 nitrogen and oxygen atoms in total. The lowest BCUT2D eigenvalue weighted by atomic mass is 10.2. The maximum atomic E-state index is 11.3. The topological polar surface area (TPSA) is 73.4 Å². The van der Waals surface area contributed by atoms with Crippen LogP contribution in [-0.2, 0) is 6.61 Å². The second-order valence-electron chi connectivity index (χ2n) is 3.83. The molecule has 19 heavy (non-hydrogen) atoms. The molecule has 1 aromatic heterocycles. The third-order valence-electron chi connectivity index (χ3n) is 2.58. The van der Waals surface area contributed by atoms with Gasteiger partial charge in [0.2, 0.25) is 12.7 Å². The Morgan fingerprint density at radius 3 is 3.11 bits per heavy atom. The first kappa shape index (κ1) is 12.0. The van der Waals surface area contributed by atoms with E-state index in [-0.39, 0.29) is 29.3 Å². The van der Waals surface area contributed by atoms with Crippen LogP contribution in [0.4, 0.5) is 0 Å². The predicted molar refractivity (Wildman–Crippen MR) is 69.5 cm³/mol. The Morgan fingerprint density at radius 2 is 2.21 bits per heavy atom. The first-order valence-electron chi connectivity index (χ1n) is 5.48. The molecule has 0 fully saturated rings. The van der Waals surface area contributed by atoms with Crippen LogP contribution in [-0.4, -0.2) is 16.8 Å². The van der Waals surface area contributed by atoms with Gasteiger partial charge >= 0.3 is 0 Å². The lowest BCUT2D eigenvalue weighted by Gasteiger charge is -2.06. The predicted octanol–water partition coefficient (Wildman–Crippen LogP) is 1.84. The number of nitrogens with zero attached hydrogens (tertiary/aromatic N) is 1. The number of aromatic amines is 1. The van der Waals surface area contributed by atoms with Gasteiger partial charge in [-0.1, -0.05) is 6.07 Å². The van der Waals surface area contributed by atoms with E-state index in [0.717, 1.165) is 11.3 Å². The quantitative estimate of drug-likeness (QED) is 0.932. The molecule has 0 spiro atoms. The van der Waals surface area contributed by atoms with E-state index < -0.39 is 0 Å². The third kappa shape index (κ3) is 2.41. The van der Waals surface area contributed by atoms with E-state index in [1.807, 2.05) is 18.2 Å². The van der Waals surface area contributed by atoms with Crippen molar-refractivity contribution in [3.05, 3.63) is 44.9 Å². The maximum absolute atomic E-state index is 11.3. The number of nitrogens with one attached hydrogen (secondary N) is 1. The van der Waals surface area contributed by atoms with Crippen molar-refractivity contribution in [1.82, 2.24) is 9.97 Å². The van der Waals surface area contributed by atoms with E-state index in [1.165, 1.54) is 6.33 Å². The van der Waals surface area contributed by atoms with Crippen molar-refractivity contribution in [2.45, 2.75) is 6.61 Å². The highest BCUT2D eigenvalue weighted by atomic mass is 79.9. The molecular weight excluding hydrogens is 316 g/mol. The molecule has 0 atom stereocenters. The highest BCUT2D eigenvalue weighted by Crippen LogP contribution is 2.32. The van der Waals surface area contributed by atoms with Gasteiger partial charge < -0.3 is 19.2 Å². The van der Waals surface area contributed by atoms with Crippen LogP contribution in [0.5, 0.6) is 17.4 Å². The van der Waals surface area contributed by atoms with Crippen LogP contribution < -0.4 is 19.8 Å². The molecule has 1 aromatic carbocycles. The second-order valence-corrected chi connectivity index (χ2v) is 4.62. The van der Waals surface area contributed by atoms with Gasteiger partial charge in [0.1, 0.15) is 11.1 Å². The van der Waals surface area contributed by atoms with Gasteiger partial charge in [0, 0.05) is 0 Å². The minimum atomic E-state index is -0.282. The van der Waals surface area contributed by atoms with Crippen LogP contribution in [0.3, 0.4) is 0 Å². The molecule has 0 saturated heterocycles. The third-order valence-corrected chi connectivity index (χ3v) is 3.28. The fourth-order valence-corrected chi connectivity index (χ4v) is 1.98. The fraction of sp³-hybridized carbons (Fsp3) is 0.167. The van der Waals surface area contributed by atoms with Crippen LogP contribution in [0.2, 0.25) is 0 Å². The summed E-state index contributed by atoms with van der Waals surface area (Å²) in [4.78, 5) is 17.7. The Kier molecular flexibility index (Phi) is 3.12. The standard InChI is InChI=1S/C12H9BrN2O4/c13-10-11(16)14-5-15-12(10)17-4-7-1-2-8-9(3-7)19-6-18-8/h1-3,5H,4,6H2,(H,14,15,16). The van der Waals surface area contributed by atoms with E-state index in [1.54, 1.807) is 0 Å². The van der Waals surface area contributed by atoms with Gasteiger partial charge in [-0.05, 0) is 33.6 Å². The summed E-state index contributed by atoms with van der Waals surface area (Å²) in [6, 6.07) is 5.53. The summed E-state index contributed by atoms with van der Waals surface area (Å²) in [7, 11) is 0. The highest BCUT2D eigenvalue weighted by Gasteiger charge is 2.14. The van der Waals surface area contributed by atoms with Crippen molar-refractivity contribution in [3.63, 3.8) is 0 Å². The molecule has 7 heteroatoms. The molecule has 3 rings (SSSR count). The number of hydrogen-bond acceptors (Lipinski definition) is 5. The van der Waals surface area contributed by atoms with Crippen molar-refractivity contribution < 1.29 is 14.2 Å². The van der Waals surface area contributed by atoms with Gasteiger partial charge in [-0.3, -0.25) is 4.79 Å². The number of fused-ring (bicyclic) bond motifs is 1. The van der Waals surface area contributed by atoms with E-state index >= 15 is 0 Å². The largest absolute Gasteiger partial charge is 0.472 e. The number of rotatable bonds is 3. The van der Waals surface area contributed by atoms with E-state index in [0.29, 0.717) is 5.75 Å². The Balaban J connectivity index is 1.76. The molecule has 0 radical (unpaired) electrons. The molecule has 2 heterocycles. The van der Waals surface area contributed by atoms with Gasteiger partial charge in [0.25, 0.3) is 5.56 Å². The molecule has 0 unspecified atom stereocenters. The number of ether oxygens (including phenoxy) is 3. The fourth-order valence-electron chi connectivity index (χ4n) is 1.65. The molecule has 1 N–H and O–H groups in total. The van der Waals surface area contributed by atoms with Crippen molar-refractivity contribution in [2.75, 3.05) is 6.79 Å². The molecule has 0 amide bonds. The van der Waals surface area contributed by atoms with Crippen molar-refractivity contribution in [2.24, 2.45) is 0 Å². The smallest absolute Gasteiger partial charge is 0.268 e. The van der Waals surface area contributed by atoms with E-state index in [9.17, 15) is 4.79 Å². The zero-order valence-corrected chi connectivity index (χ0v) is 11.3. The van der Waals surface area contributed by atoms with E-state index in [2.05, 4.69) is 25.9 Å². The van der Waals surface area contributed by atoms with Crippen LogP contribution in [0.1, 0.15) is 5.56 Å². The second kappa shape index (κ2) is 4.93. The van der Waals surface area contributed by atoms with Crippen molar-refractivity contribution in [1.29, 1.82) is 0 Å². The summed E-state index contributed by atoms with van der Waals surface area (Å²) in [5.41, 5.74) is 0.619. The van der Waals surface area contributed by atoms with Gasteiger partial charge in [-0.15, -0.1) is 0 Å². The highest BCUT2D eigenvalue weighted by molar-refractivity contribution is 9.10. The molecule has 1 aliphatic heterocycles. The van der Waals surface area contributed by atoms with Crippen molar-refractivity contribution >= 4 is 15.9 Å². The summed E-state index contributed by atoms with van der Waals surface area (Å²) in [5, 5.41) is 0. The van der Waals surface area contributed by atoms with Crippen LogP contribution in [0, 0.1) is 0 Å². The molecule has 0 aliphatic carbocycles. The van der Waals surface area contributed by atoms with Gasteiger partial charge in [-0.25, -0.2) is 4.98 Å². The molecule has 0 saturated carbocycles. The Labute approximate surface area is 116 Å². The average molecular weight is 325 g/mol. The number of benzene rings is 1. The first-order chi connectivity index (χ1) is 9.24. The molecule has 1 aliphatic rings. The zero-order valence-electron chi connectivity index (χ0n) is 9.68. The number of hydrogen-bond donors (Lipinski definition) is 1. The lowest BCUT2D eigenvalue weighted by Crippen LogP contribution is -2.09. The van der Waals surface area contributed by atoms with Gasteiger partial charge in [0.15, 0.2) is 11.5 Å². The van der Waals surface area contributed by atoms with Gasteiger partial charge in [-0.2, -0.15) is 0 Å². The average Bonchev–Trinajstić information content (AvgIpc) is 2.88. The van der Waals surface area contributed by atoms with Crippen molar-refractivity contribution in [3.8, 4) is 17.4 Å². The summed E-state index contributed by atoms with van der Waals surface area (Å²) < 4.78 is 16.3. The van der Waals surface area contributed by atoms with Crippen LogP contribution in [0.25, 0.3) is 0 Å². The summed E-state index contributed by atoms with van der Waals surface area (Å²) in [5.74, 6) is 1.67. The maximum Gasteiger partial charge on any atom is 0.268 e. The molecular formula is C12H9BrN2O4. The minimum Gasteiger partial charge on any atom is -0.472 e. The van der Waals surface area contributed by atoms with Crippen LogP contribution in [0.15, 0.2) is 33.8 Å². The number of halogens is 1. The number of aromatic nitrogens is 2. The summed E-state index contributed by atoms with van der Waals surface area (Å²) in [6.07, 6.45) is 1.29. The minimum absolute atomic E-state index is 0.237. The first-order valence-corrected chi connectivity index (χ1v) is 6.28. The summed E-state index contributed by atoms with van der Waals surface area (Å²) >= 11 is 3.13. The van der Waals surface area contributed by atoms with Gasteiger partial charge in [0.05, 0.1) is 6.33 Å². The monoisotopic (exact) mass is 324 g/mol.